The zero-order chi connectivity index (χ0) is 13.4. The van der Waals surface area contributed by atoms with Crippen LogP contribution < -0.4 is 5.32 Å². The van der Waals surface area contributed by atoms with Crippen LogP contribution in [0.1, 0.15) is 18.2 Å². The third-order valence-electron chi connectivity index (χ3n) is 3.32. The molecule has 0 saturated carbocycles. The topological polar surface area (TPSA) is 34.2 Å². The van der Waals surface area contributed by atoms with E-state index in [9.17, 15) is 4.39 Å². The predicted molar refractivity (Wildman–Crippen MR) is 74.2 cm³/mol. The Morgan fingerprint density at radius 1 is 1.47 bits per heavy atom. The minimum atomic E-state index is -0.451. The molecule has 2 aromatic rings. The monoisotopic (exact) mass is 280 g/mol. The fourth-order valence-electron chi connectivity index (χ4n) is 2.44. The lowest BCUT2D eigenvalue weighted by atomic mass is 10.0. The molecule has 0 bridgehead atoms. The van der Waals surface area contributed by atoms with Gasteiger partial charge in [-0.3, -0.25) is 0 Å². The highest BCUT2D eigenvalue weighted by Gasteiger charge is 2.20. The lowest BCUT2D eigenvalue weighted by Gasteiger charge is -2.21. The number of hydrogen-bond acceptors (Lipinski definition) is 3. The van der Waals surface area contributed by atoms with E-state index in [2.05, 4.69) is 10.3 Å². The van der Waals surface area contributed by atoms with Crippen LogP contribution in [0.15, 0.2) is 12.1 Å². The Kier molecular flexibility index (Phi) is 3.29. The number of nitrogens with zero attached hydrogens (tertiary/aromatic N) is 1. The van der Waals surface area contributed by atoms with Gasteiger partial charge in [0.25, 0.3) is 0 Å². The van der Waals surface area contributed by atoms with E-state index in [1.54, 1.807) is 12.1 Å². The predicted octanol–water partition coefficient (Wildman–Crippen LogP) is 3.53. The van der Waals surface area contributed by atoms with Gasteiger partial charge in [-0.1, -0.05) is 11.6 Å². The molecular formula is C14H14ClFN2O. The Bertz CT molecular complexity index is 645. The standard InChI is InChI=1S/C14H14ClFN2O/c1-2-17-13-8-3-4-10(15)12(16)14(8)18-11-5-6-19-7-9(11)13/h3-4H,2,5-7H2,1H3,(H,17,18). The van der Waals surface area contributed by atoms with Gasteiger partial charge in [0, 0.05) is 23.9 Å². The molecule has 0 spiro atoms. The van der Waals surface area contributed by atoms with Crippen LogP contribution in [0.2, 0.25) is 5.02 Å². The normalized spacial score (nSPS) is 14.5. The summed E-state index contributed by atoms with van der Waals surface area (Å²) in [6, 6.07) is 3.37. The van der Waals surface area contributed by atoms with Gasteiger partial charge in [-0.25, -0.2) is 9.37 Å². The van der Waals surface area contributed by atoms with Crippen molar-refractivity contribution >= 4 is 28.2 Å². The number of pyridine rings is 1. The first-order chi connectivity index (χ1) is 9.22. The molecule has 0 unspecified atom stereocenters. The third-order valence-corrected chi connectivity index (χ3v) is 3.61. The van der Waals surface area contributed by atoms with E-state index in [1.165, 1.54) is 0 Å². The first-order valence-electron chi connectivity index (χ1n) is 6.33. The van der Waals surface area contributed by atoms with Crippen molar-refractivity contribution in [2.75, 3.05) is 18.5 Å². The van der Waals surface area contributed by atoms with Crippen molar-refractivity contribution in [1.82, 2.24) is 4.98 Å². The van der Waals surface area contributed by atoms with Crippen LogP contribution >= 0.6 is 11.6 Å². The summed E-state index contributed by atoms with van der Waals surface area (Å²) in [7, 11) is 0. The number of aromatic nitrogens is 1. The van der Waals surface area contributed by atoms with E-state index in [-0.39, 0.29) is 5.02 Å². The van der Waals surface area contributed by atoms with Gasteiger partial charge in [0.2, 0.25) is 0 Å². The first-order valence-corrected chi connectivity index (χ1v) is 6.71. The highest BCUT2D eigenvalue weighted by molar-refractivity contribution is 6.31. The summed E-state index contributed by atoms with van der Waals surface area (Å²) in [6.07, 6.45) is 0.704. The zero-order valence-corrected chi connectivity index (χ0v) is 11.4. The summed E-state index contributed by atoms with van der Waals surface area (Å²) >= 11 is 5.84. The van der Waals surface area contributed by atoms with Crippen molar-refractivity contribution in [3.8, 4) is 0 Å². The van der Waals surface area contributed by atoms with Gasteiger partial charge in [-0.05, 0) is 19.1 Å². The van der Waals surface area contributed by atoms with Gasteiger partial charge in [0.05, 0.1) is 29.6 Å². The third kappa shape index (κ3) is 2.05. The van der Waals surface area contributed by atoms with E-state index in [4.69, 9.17) is 16.3 Å². The molecule has 3 rings (SSSR count). The number of fused-ring (bicyclic) bond motifs is 2. The van der Waals surface area contributed by atoms with Crippen molar-refractivity contribution in [1.29, 1.82) is 0 Å². The van der Waals surface area contributed by atoms with Crippen LogP contribution in [0.25, 0.3) is 10.9 Å². The molecule has 5 heteroatoms. The van der Waals surface area contributed by atoms with Gasteiger partial charge in [-0.15, -0.1) is 0 Å². The smallest absolute Gasteiger partial charge is 0.168 e. The molecule has 1 aliphatic heterocycles. The number of nitrogens with one attached hydrogen (secondary N) is 1. The molecule has 1 aliphatic rings. The SMILES string of the molecule is CCNc1c2c(nc3c(F)c(Cl)ccc13)CCOC2. The summed E-state index contributed by atoms with van der Waals surface area (Å²) < 4.78 is 19.6. The highest BCUT2D eigenvalue weighted by atomic mass is 35.5. The molecule has 0 atom stereocenters. The summed E-state index contributed by atoms with van der Waals surface area (Å²) in [4.78, 5) is 4.44. The van der Waals surface area contributed by atoms with Crippen molar-refractivity contribution in [3.05, 3.63) is 34.2 Å². The zero-order valence-electron chi connectivity index (χ0n) is 10.6. The summed E-state index contributed by atoms with van der Waals surface area (Å²) in [5.41, 5.74) is 3.18. The molecule has 0 fully saturated rings. The Morgan fingerprint density at radius 3 is 3.11 bits per heavy atom. The molecule has 100 valence electrons. The van der Waals surface area contributed by atoms with Gasteiger partial charge in [0.15, 0.2) is 5.82 Å². The summed E-state index contributed by atoms with van der Waals surface area (Å²) in [5.74, 6) is -0.451. The largest absolute Gasteiger partial charge is 0.384 e. The lowest BCUT2D eigenvalue weighted by molar-refractivity contribution is 0.110. The number of halogens is 2. The van der Waals surface area contributed by atoms with Crippen LogP contribution in [0.4, 0.5) is 10.1 Å². The van der Waals surface area contributed by atoms with Crippen molar-refractivity contribution in [2.45, 2.75) is 20.0 Å². The average molecular weight is 281 g/mol. The number of rotatable bonds is 2. The maximum absolute atomic E-state index is 14.1. The van der Waals surface area contributed by atoms with Crippen LogP contribution in [0.3, 0.4) is 0 Å². The summed E-state index contributed by atoms with van der Waals surface area (Å²) in [6.45, 7) is 3.91. The van der Waals surface area contributed by atoms with Crippen LogP contribution in [0, 0.1) is 5.82 Å². The fraction of sp³-hybridized carbons (Fsp3) is 0.357. The van der Waals surface area contributed by atoms with E-state index in [1.807, 2.05) is 6.92 Å². The molecular weight excluding hydrogens is 267 g/mol. The van der Waals surface area contributed by atoms with E-state index < -0.39 is 5.82 Å². The molecule has 1 aromatic carbocycles. The molecule has 0 aliphatic carbocycles. The Morgan fingerprint density at radius 2 is 2.32 bits per heavy atom. The molecule has 3 nitrogen and oxygen atoms in total. The molecule has 1 aromatic heterocycles. The number of hydrogen-bond donors (Lipinski definition) is 1. The van der Waals surface area contributed by atoms with E-state index in [0.29, 0.717) is 25.2 Å². The first kappa shape index (κ1) is 12.6. The van der Waals surface area contributed by atoms with Crippen molar-refractivity contribution in [2.24, 2.45) is 0 Å². The molecule has 2 heterocycles. The molecule has 0 saturated heterocycles. The Labute approximate surface area is 115 Å². The van der Waals surface area contributed by atoms with Crippen molar-refractivity contribution in [3.63, 3.8) is 0 Å². The Hall–Kier alpha value is -1.39. The highest BCUT2D eigenvalue weighted by Crippen LogP contribution is 2.34. The quantitative estimate of drug-likeness (QED) is 0.914. The molecule has 0 amide bonds. The average Bonchev–Trinajstić information content (AvgIpc) is 2.43. The van der Waals surface area contributed by atoms with Crippen molar-refractivity contribution < 1.29 is 9.13 Å². The second-order valence-electron chi connectivity index (χ2n) is 4.50. The number of benzene rings is 1. The van der Waals surface area contributed by atoms with Gasteiger partial charge in [-0.2, -0.15) is 0 Å². The van der Waals surface area contributed by atoms with Gasteiger partial charge < -0.3 is 10.1 Å². The molecule has 0 radical (unpaired) electrons. The minimum Gasteiger partial charge on any atom is -0.384 e. The Balaban J connectivity index is 2.35. The number of anilines is 1. The van der Waals surface area contributed by atoms with Crippen LogP contribution in [0.5, 0.6) is 0 Å². The summed E-state index contributed by atoms with van der Waals surface area (Å²) in [5, 5.41) is 4.16. The lowest BCUT2D eigenvalue weighted by Crippen LogP contribution is -2.15. The van der Waals surface area contributed by atoms with Gasteiger partial charge >= 0.3 is 0 Å². The number of ether oxygens (including phenoxy) is 1. The maximum Gasteiger partial charge on any atom is 0.168 e. The van der Waals surface area contributed by atoms with E-state index in [0.717, 1.165) is 28.9 Å². The van der Waals surface area contributed by atoms with E-state index >= 15 is 0 Å². The molecule has 1 N–H and O–H groups in total. The fourth-order valence-corrected chi connectivity index (χ4v) is 2.60. The second kappa shape index (κ2) is 4.94. The van der Waals surface area contributed by atoms with Crippen LogP contribution in [-0.2, 0) is 17.8 Å². The second-order valence-corrected chi connectivity index (χ2v) is 4.91. The maximum atomic E-state index is 14.1. The van der Waals surface area contributed by atoms with Gasteiger partial charge in [0.1, 0.15) is 5.52 Å². The van der Waals surface area contributed by atoms with Crippen LogP contribution in [-0.4, -0.2) is 18.1 Å². The molecule has 19 heavy (non-hydrogen) atoms. The minimum absolute atomic E-state index is 0.106.